The van der Waals surface area contributed by atoms with Crippen LogP contribution in [0, 0.1) is 0 Å². The van der Waals surface area contributed by atoms with E-state index in [2.05, 4.69) is 5.32 Å². The van der Waals surface area contributed by atoms with E-state index < -0.39 is 0 Å². The molecule has 0 fully saturated rings. The smallest absolute Gasteiger partial charge is 0.255 e. The molecule has 0 saturated carbocycles. The standard InChI is InChI=1S/C22H13Cl2NO3/c23-15-9-5-13(6-10-15)20(26)21-19(17-3-1-2-4-18(17)28-21)25-22(27)14-7-11-16(24)12-8-14/h1-12H,(H,25,27). The molecule has 1 amide bonds. The van der Waals surface area contributed by atoms with E-state index in [4.69, 9.17) is 27.6 Å². The van der Waals surface area contributed by atoms with Gasteiger partial charge in [-0.1, -0.05) is 35.3 Å². The van der Waals surface area contributed by atoms with E-state index in [-0.39, 0.29) is 17.5 Å². The Hall–Kier alpha value is -3.08. The Morgan fingerprint density at radius 2 is 1.32 bits per heavy atom. The van der Waals surface area contributed by atoms with Crippen molar-refractivity contribution in [3.63, 3.8) is 0 Å². The molecule has 3 aromatic carbocycles. The number of para-hydroxylation sites is 1. The van der Waals surface area contributed by atoms with Gasteiger partial charge in [0, 0.05) is 26.6 Å². The van der Waals surface area contributed by atoms with Gasteiger partial charge in [-0.25, -0.2) is 0 Å². The van der Waals surface area contributed by atoms with E-state index in [9.17, 15) is 9.59 Å². The molecule has 0 aliphatic rings. The molecule has 28 heavy (non-hydrogen) atoms. The Bertz CT molecular complexity index is 1180. The minimum atomic E-state index is -0.367. The number of halogens is 2. The second-order valence-electron chi connectivity index (χ2n) is 6.10. The van der Waals surface area contributed by atoms with Crippen molar-refractivity contribution in [3.05, 3.63) is 99.7 Å². The summed E-state index contributed by atoms with van der Waals surface area (Å²) < 4.78 is 5.78. The fourth-order valence-corrected chi connectivity index (χ4v) is 3.10. The van der Waals surface area contributed by atoms with Crippen LogP contribution in [-0.4, -0.2) is 11.7 Å². The van der Waals surface area contributed by atoms with Gasteiger partial charge in [0.2, 0.25) is 5.78 Å². The van der Waals surface area contributed by atoms with E-state index >= 15 is 0 Å². The third kappa shape index (κ3) is 3.52. The number of carbonyl (C=O) groups is 2. The number of anilines is 1. The first-order valence-electron chi connectivity index (χ1n) is 8.41. The lowest BCUT2D eigenvalue weighted by atomic mass is 10.1. The number of rotatable bonds is 4. The summed E-state index contributed by atoms with van der Waals surface area (Å²) in [7, 11) is 0. The summed E-state index contributed by atoms with van der Waals surface area (Å²) in [6.07, 6.45) is 0. The number of carbonyl (C=O) groups excluding carboxylic acids is 2. The third-order valence-electron chi connectivity index (χ3n) is 4.25. The quantitative estimate of drug-likeness (QED) is 0.406. The minimum absolute atomic E-state index is 0.0610. The van der Waals surface area contributed by atoms with Crippen molar-refractivity contribution in [1.82, 2.24) is 0 Å². The highest BCUT2D eigenvalue weighted by molar-refractivity contribution is 6.31. The Morgan fingerprint density at radius 3 is 1.96 bits per heavy atom. The van der Waals surface area contributed by atoms with Crippen LogP contribution in [0.3, 0.4) is 0 Å². The van der Waals surface area contributed by atoms with Crippen LogP contribution in [0.25, 0.3) is 11.0 Å². The van der Waals surface area contributed by atoms with Crippen LogP contribution in [0.4, 0.5) is 5.69 Å². The number of hydrogen-bond acceptors (Lipinski definition) is 3. The van der Waals surface area contributed by atoms with Gasteiger partial charge < -0.3 is 9.73 Å². The van der Waals surface area contributed by atoms with Crippen LogP contribution in [-0.2, 0) is 0 Å². The number of hydrogen-bond donors (Lipinski definition) is 1. The number of ketones is 1. The summed E-state index contributed by atoms with van der Waals surface area (Å²) in [4.78, 5) is 25.7. The molecule has 4 nitrogen and oxygen atoms in total. The Kier molecular flexibility index (Phi) is 4.90. The summed E-state index contributed by atoms with van der Waals surface area (Å²) >= 11 is 11.8. The number of furan rings is 1. The molecule has 1 heterocycles. The molecule has 0 spiro atoms. The van der Waals surface area contributed by atoms with E-state index in [0.717, 1.165) is 0 Å². The zero-order chi connectivity index (χ0) is 19.7. The van der Waals surface area contributed by atoms with Gasteiger partial charge in [0.05, 0.1) is 5.69 Å². The largest absolute Gasteiger partial charge is 0.450 e. The first-order valence-corrected chi connectivity index (χ1v) is 9.17. The van der Waals surface area contributed by atoms with Gasteiger partial charge >= 0.3 is 0 Å². The Labute approximate surface area is 170 Å². The molecule has 1 N–H and O–H groups in total. The third-order valence-corrected chi connectivity index (χ3v) is 4.76. The lowest BCUT2D eigenvalue weighted by Gasteiger charge is -2.06. The van der Waals surface area contributed by atoms with Crippen molar-refractivity contribution < 1.29 is 14.0 Å². The Balaban J connectivity index is 1.77. The molecule has 0 radical (unpaired) electrons. The molecule has 0 saturated heterocycles. The molecule has 138 valence electrons. The molecule has 0 unspecified atom stereocenters. The highest BCUT2D eigenvalue weighted by Crippen LogP contribution is 2.33. The highest BCUT2D eigenvalue weighted by atomic mass is 35.5. The Morgan fingerprint density at radius 1 is 0.750 bits per heavy atom. The van der Waals surface area contributed by atoms with Gasteiger partial charge in [-0.15, -0.1) is 0 Å². The predicted molar refractivity (Wildman–Crippen MR) is 111 cm³/mol. The second kappa shape index (κ2) is 7.50. The molecule has 0 aliphatic heterocycles. The zero-order valence-electron chi connectivity index (χ0n) is 14.4. The lowest BCUT2D eigenvalue weighted by molar-refractivity contribution is 0.101. The van der Waals surface area contributed by atoms with Gasteiger partial charge in [0.1, 0.15) is 5.58 Å². The number of nitrogens with one attached hydrogen (secondary N) is 1. The SMILES string of the molecule is O=C(Nc1c(C(=O)c2ccc(Cl)cc2)oc2ccccc12)c1ccc(Cl)cc1. The summed E-state index contributed by atoms with van der Waals surface area (Å²) in [5.74, 6) is -0.654. The number of benzene rings is 3. The van der Waals surface area contributed by atoms with Gasteiger partial charge in [-0.3, -0.25) is 9.59 Å². The molecular weight excluding hydrogens is 397 g/mol. The molecule has 0 bridgehead atoms. The molecule has 4 rings (SSSR count). The lowest BCUT2D eigenvalue weighted by Crippen LogP contribution is -2.14. The minimum Gasteiger partial charge on any atom is -0.450 e. The predicted octanol–water partition coefficient (Wildman–Crippen LogP) is 6.22. The van der Waals surface area contributed by atoms with Crippen molar-refractivity contribution in [3.8, 4) is 0 Å². The van der Waals surface area contributed by atoms with E-state index in [1.807, 2.05) is 6.07 Å². The normalized spacial score (nSPS) is 10.8. The first-order chi connectivity index (χ1) is 13.5. The monoisotopic (exact) mass is 409 g/mol. The summed E-state index contributed by atoms with van der Waals surface area (Å²) in [5.41, 5.74) is 1.66. The average molecular weight is 410 g/mol. The van der Waals surface area contributed by atoms with Crippen molar-refractivity contribution >= 4 is 51.5 Å². The fourth-order valence-electron chi connectivity index (χ4n) is 2.85. The van der Waals surface area contributed by atoms with Crippen molar-refractivity contribution in [2.24, 2.45) is 0 Å². The molecule has 0 aliphatic carbocycles. The summed E-state index contributed by atoms with van der Waals surface area (Å²) in [6, 6.07) is 20.1. The van der Waals surface area contributed by atoms with Crippen LogP contribution >= 0.6 is 23.2 Å². The molecular formula is C22H13Cl2NO3. The molecule has 4 aromatic rings. The molecule has 1 aromatic heterocycles. The second-order valence-corrected chi connectivity index (χ2v) is 6.97. The zero-order valence-corrected chi connectivity index (χ0v) is 15.9. The van der Waals surface area contributed by atoms with Crippen molar-refractivity contribution in [2.45, 2.75) is 0 Å². The van der Waals surface area contributed by atoms with E-state index in [0.29, 0.717) is 37.8 Å². The van der Waals surface area contributed by atoms with Crippen LogP contribution < -0.4 is 5.32 Å². The number of amides is 1. The molecule has 6 heteroatoms. The maximum Gasteiger partial charge on any atom is 0.255 e. The topological polar surface area (TPSA) is 59.3 Å². The fraction of sp³-hybridized carbons (Fsp3) is 0. The summed E-state index contributed by atoms with van der Waals surface area (Å²) in [6.45, 7) is 0. The van der Waals surface area contributed by atoms with Gasteiger partial charge in [-0.05, 0) is 60.7 Å². The first kappa shape index (κ1) is 18.3. The van der Waals surface area contributed by atoms with E-state index in [1.165, 1.54) is 0 Å². The maximum absolute atomic E-state index is 13.0. The summed E-state index contributed by atoms with van der Waals surface area (Å²) in [5, 5.41) is 4.51. The van der Waals surface area contributed by atoms with Crippen LogP contribution in [0.15, 0.2) is 77.2 Å². The van der Waals surface area contributed by atoms with Crippen molar-refractivity contribution in [2.75, 3.05) is 5.32 Å². The number of fused-ring (bicyclic) bond motifs is 1. The maximum atomic E-state index is 13.0. The van der Waals surface area contributed by atoms with Crippen LogP contribution in [0.2, 0.25) is 10.0 Å². The van der Waals surface area contributed by atoms with Gasteiger partial charge in [-0.2, -0.15) is 0 Å². The van der Waals surface area contributed by atoms with Crippen LogP contribution in [0.1, 0.15) is 26.5 Å². The van der Waals surface area contributed by atoms with Gasteiger partial charge in [0.25, 0.3) is 5.91 Å². The average Bonchev–Trinajstić information content (AvgIpc) is 3.07. The van der Waals surface area contributed by atoms with Gasteiger partial charge in [0.15, 0.2) is 5.76 Å². The van der Waals surface area contributed by atoms with Crippen molar-refractivity contribution in [1.29, 1.82) is 0 Å². The highest BCUT2D eigenvalue weighted by Gasteiger charge is 2.23. The van der Waals surface area contributed by atoms with E-state index in [1.54, 1.807) is 66.7 Å². The van der Waals surface area contributed by atoms with Crippen LogP contribution in [0.5, 0.6) is 0 Å². The molecule has 0 atom stereocenters.